The van der Waals surface area contributed by atoms with E-state index in [0.29, 0.717) is 25.7 Å². The molecule has 0 aromatic rings. The van der Waals surface area contributed by atoms with Gasteiger partial charge in [-0.2, -0.15) is 0 Å². The molecule has 0 aromatic heterocycles. The molecule has 0 aliphatic carbocycles. The Kier molecular flexibility index (Phi) is 65.9. The average molecular weight is 1420 g/mol. The summed E-state index contributed by atoms with van der Waals surface area (Å²) in [5, 5.41) is 10.6. The van der Waals surface area contributed by atoms with E-state index in [0.717, 1.165) is 114 Å². The van der Waals surface area contributed by atoms with Crippen LogP contribution < -0.4 is 0 Å². The van der Waals surface area contributed by atoms with Gasteiger partial charge in [-0.1, -0.05) is 344 Å². The first-order valence-corrected chi connectivity index (χ1v) is 43.2. The summed E-state index contributed by atoms with van der Waals surface area (Å²) in [5.74, 6) is 0.935. The summed E-state index contributed by atoms with van der Waals surface area (Å²) >= 11 is 0. The van der Waals surface area contributed by atoms with Crippen LogP contribution in [0.4, 0.5) is 0 Å². The number of carbonyl (C=O) groups is 4. The highest BCUT2D eigenvalue weighted by Crippen LogP contribution is 2.45. The molecule has 0 spiro atoms. The van der Waals surface area contributed by atoms with Gasteiger partial charge in [0.05, 0.1) is 26.4 Å². The quantitative estimate of drug-likeness (QED) is 0.0222. The molecule has 0 fully saturated rings. The van der Waals surface area contributed by atoms with Gasteiger partial charge in [0, 0.05) is 25.7 Å². The van der Waals surface area contributed by atoms with E-state index in [2.05, 4.69) is 55.4 Å². The molecular formula is C78H152O17P2. The van der Waals surface area contributed by atoms with Crippen LogP contribution in [0.1, 0.15) is 396 Å². The van der Waals surface area contributed by atoms with Gasteiger partial charge in [-0.05, 0) is 49.4 Å². The van der Waals surface area contributed by atoms with Crippen LogP contribution in [0.25, 0.3) is 0 Å². The van der Waals surface area contributed by atoms with Crippen molar-refractivity contribution in [2.45, 2.75) is 414 Å². The molecule has 576 valence electrons. The van der Waals surface area contributed by atoms with Crippen molar-refractivity contribution >= 4 is 39.5 Å². The van der Waals surface area contributed by atoms with Crippen LogP contribution in [0, 0.1) is 23.7 Å². The summed E-state index contributed by atoms with van der Waals surface area (Å²) in [6.45, 7) is 14.2. The molecule has 0 radical (unpaired) electrons. The molecule has 19 heteroatoms. The zero-order chi connectivity index (χ0) is 71.7. The van der Waals surface area contributed by atoms with E-state index in [-0.39, 0.29) is 25.7 Å². The zero-order valence-electron chi connectivity index (χ0n) is 63.7. The van der Waals surface area contributed by atoms with Gasteiger partial charge < -0.3 is 33.8 Å². The highest BCUT2D eigenvalue weighted by atomic mass is 31.2. The van der Waals surface area contributed by atoms with Crippen molar-refractivity contribution in [3.05, 3.63) is 0 Å². The Balaban J connectivity index is 5.25. The predicted octanol–water partition coefficient (Wildman–Crippen LogP) is 22.8. The Morgan fingerprint density at radius 1 is 0.258 bits per heavy atom. The number of hydrogen-bond donors (Lipinski definition) is 3. The van der Waals surface area contributed by atoms with Crippen molar-refractivity contribution in [2.75, 3.05) is 39.6 Å². The fraction of sp³-hybridized carbons (Fsp3) is 0.949. The molecule has 0 saturated heterocycles. The molecule has 5 atom stereocenters. The average Bonchev–Trinajstić information content (AvgIpc) is 1.28. The topological polar surface area (TPSA) is 237 Å². The number of ether oxygens (including phenoxy) is 4. The van der Waals surface area contributed by atoms with Crippen LogP contribution in [0.5, 0.6) is 0 Å². The first-order valence-electron chi connectivity index (χ1n) is 40.2. The van der Waals surface area contributed by atoms with Crippen molar-refractivity contribution in [3.8, 4) is 0 Å². The van der Waals surface area contributed by atoms with Crippen molar-refractivity contribution in [1.29, 1.82) is 0 Å². The first kappa shape index (κ1) is 95.1. The number of esters is 4. The van der Waals surface area contributed by atoms with Crippen molar-refractivity contribution in [1.82, 2.24) is 0 Å². The normalized spacial score (nSPS) is 14.1. The monoisotopic (exact) mass is 1420 g/mol. The molecule has 0 bridgehead atoms. The van der Waals surface area contributed by atoms with Crippen molar-refractivity contribution < 1.29 is 80.2 Å². The van der Waals surface area contributed by atoms with E-state index in [9.17, 15) is 43.2 Å². The van der Waals surface area contributed by atoms with Crippen LogP contribution in [0.2, 0.25) is 0 Å². The fourth-order valence-corrected chi connectivity index (χ4v) is 13.5. The Bertz CT molecular complexity index is 1900. The third-order valence-corrected chi connectivity index (χ3v) is 20.0. The number of aliphatic hydroxyl groups excluding tert-OH is 1. The van der Waals surface area contributed by atoms with Crippen molar-refractivity contribution in [3.63, 3.8) is 0 Å². The maximum atomic E-state index is 13.1. The first-order chi connectivity index (χ1) is 46.6. The van der Waals surface area contributed by atoms with Gasteiger partial charge in [-0.25, -0.2) is 9.13 Å². The molecule has 0 heterocycles. The summed E-state index contributed by atoms with van der Waals surface area (Å²) in [6, 6.07) is 0. The van der Waals surface area contributed by atoms with Gasteiger partial charge in [0.1, 0.15) is 19.3 Å². The van der Waals surface area contributed by atoms with Crippen LogP contribution in [-0.4, -0.2) is 96.7 Å². The molecule has 0 rings (SSSR count). The third-order valence-electron chi connectivity index (χ3n) is 18.1. The summed E-state index contributed by atoms with van der Waals surface area (Å²) in [4.78, 5) is 72.9. The molecule has 0 aliphatic heterocycles. The predicted molar refractivity (Wildman–Crippen MR) is 395 cm³/mol. The maximum absolute atomic E-state index is 13.1. The second-order valence-electron chi connectivity index (χ2n) is 30.0. The fourth-order valence-electron chi connectivity index (χ4n) is 11.9. The van der Waals surface area contributed by atoms with Gasteiger partial charge in [-0.15, -0.1) is 0 Å². The van der Waals surface area contributed by atoms with Gasteiger partial charge in [-0.3, -0.25) is 37.3 Å². The highest BCUT2D eigenvalue weighted by Gasteiger charge is 2.30. The van der Waals surface area contributed by atoms with E-state index in [4.69, 9.17) is 37.0 Å². The van der Waals surface area contributed by atoms with E-state index in [1.54, 1.807) is 0 Å². The Morgan fingerprint density at radius 2 is 0.433 bits per heavy atom. The lowest BCUT2D eigenvalue weighted by Crippen LogP contribution is -2.30. The molecule has 0 aromatic carbocycles. The molecular weight excluding hydrogens is 1270 g/mol. The standard InChI is InChI=1S/C78H152O17P2/c1-68(2)54-46-38-30-22-17-13-11-9-10-12-14-20-26-36-44-52-60-77(82)94-73(64-88-75(80)58-50-42-34-25-19-16-15-18-23-31-39-47-55-69(3)4)66-92-96(84,85)90-62-72(79)63-91-97(86,87)93-67-74(65-89-76(81)59-51-43-35-29-28-33-41-49-57-71(7)8)95-78(83)61-53-45-37-27-21-24-32-40-48-56-70(5)6/h68-74,79H,9-67H2,1-8H3,(H,84,85)(H,86,87)/t72?,73-,74-/m1/s1. The van der Waals surface area contributed by atoms with Crippen molar-refractivity contribution in [2.24, 2.45) is 23.7 Å². The largest absolute Gasteiger partial charge is 0.472 e. The second kappa shape index (κ2) is 67.2. The molecule has 0 aliphatic rings. The Hall–Kier alpha value is -1.94. The van der Waals surface area contributed by atoms with E-state index in [1.807, 2.05) is 0 Å². The minimum absolute atomic E-state index is 0.104. The Labute approximate surface area is 594 Å². The number of phosphoric acid groups is 2. The highest BCUT2D eigenvalue weighted by molar-refractivity contribution is 7.47. The number of rotatable bonds is 75. The lowest BCUT2D eigenvalue weighted by Gasteiger charge is -2.21. The molecule has 0 saturated carbocycles. The molecule has 17 nitrogen and oxygen atoms in total. The maximum Gasteiger partial charge on any atom is 0.472 e. The summed E-state index contributed by atoms with van der Waals surface area (Å²) in [6.07, 6.45) is 52.8. The van der Waals surface area contributed by atoms with Gasteiger partial charge >= 0.3 is 39.5 Å². The van der Waals surface area contributed by atoms with Gasteiger partial charge in [0.2, 0.25) is 0 Å². The number of hydrogen-bond acceptors (Lipinski definition) is 15. The van der Waals surface area contributed by atoms with Crippen LogP contribution in [-0.2, 0) is 65.4 Å². The summed E-state index contributed by atoms with van der Waals surface area (Å²) in [7, 11) is -9.92. The number of phosphoric ester groups is 2. The van der Waals surface area contributed by atoms with E-state index in [1.165, 1.54) is 199 Å². The molecule has 97 heavy (non-hydrogen) atoms. The molecule has 3 N–H and O–H groups in total. The summed E-state index contributed by atoms with van der Waals surface area (Å²) in [5.41, 5.74) is 0. The second-order valence-corrected chi connectivity index (χ2v) is 32.9. The van der Waals surface area contributed by atoms with Gasteiger partial charge in [0.25, 0.3) is 0 Å². The van der Waals surface area contributed by atoms with Crippen LogP contribution >= 0.6 is 15.6 Å². The number of carbonyl (C=O) groups excluding carboxylic acids is 4. The Morgan fingerprint density at radius 3 is 0.639 bits per heavy atom. The lowest BCUT2D eigenvalue weighted by molar-refractivity contribution is -0.161. The van der Waals surface area contributed by atoms with Gasteiger partial charge in [0.15, 0.2) is 12.2 Å². The smallest absolute Gasteiger partial charge is 0.462 e. The zero-order valence-corrected chi connectivity index (χ0v) is 65.5. The third kappa shape index (κ3) is 72.2. The van der Waals surface area contributed by atoms with E-state index >= 15 is 0 Å². The number of unbranched alkanes of at least 4 members (excludes halogenated alkanes) is 41. The molecule has 3 unspecified atom stereocenters. The summed E-state index contributed by atoms with van der Waals surface area (Å²) < 4.78 is 68.6. The molecule has 0 amide bonds. The number of aliphatic hydroxyl groups is 1. The SMILES string of the molecule is CC(C)CCCCCCCCCCCCCCCCCCC(=O)O[C@H](COC(=O)CCCCCCCCCCCCCCC(C)C)COP(=O)(O)OCC(O)COP(=O)(O)OC[C@@H](COC(=O)CCCCCCCCCCC(C)C)OC(=O)CCCCCCCCCCCC(C)C. The lowest BCUT2D eigenvalue weighted by atomic mass is 10.0. The van der Waals surface area contributed by atoms with Crippen LogP contribution in [0.15, 0.2) is 0 Å². The van der Waals surface area contributed by atoms with Crippen LogP contribution in [0.3, 0.4) is 0 Å². The van der Waals surface area contributed by atoms with E-state index < -0.39 is 97.5 Å². The minimum atomic E-state index is -4.96. The minimum Gasteiger partial charge on any atom is -0.462 e.